The molecule has 0 unspecified atom stereocenters. The molecular formula is C31H48O6. The summed E-state index contributed by atoms with van der Waals surface area (Å²) in [5.74, 6) is 3.14. The summed E-state index contributed by atoms with van der Waals surface area (Å²) in [5, 5.41) is 0. The first-order valence-corrected chi connectivity index (χ1v) is 15.1. The molecule has 4 aliphatic carbocycles. The van der Waals surface area contributed by atoms with Gasteiger partial charge < -0.3 is 18.9 Å². The molecule has 6 rings (SSSR count). The highest BCUT2D eigenvalue weighted by atomic mass is 16.7. The molecule has 2 aliphatic heterocycles. The van der Waals surface area contributed by atoms with Gasteiger partial charge in [-0.05, 0) is 97.7 Å². The maximum atomic E-state index is 11.6. The quantitative estimate of drug-likeness (QED) is 0.444. The normalized spacial score (nSPS) is 54.2. The van der Waals surface area contributed by atoms with Gasteiger partial charge in [-0.1, -0.05) is 27.7 Å². The molecule has 0 aromatic rings. The van der Waals surface area contributed by atoms with E-state index in [2.05, 4.69) is 27.7 Å². The third-order valence-electron chi connectivity index (χ3n) is 12.8. The summed E-state index contributed by atoms with van der Waals surface area (Å²) in [6.07, 6.45) is 9.89. The number of hydrogen-bond acceptors (Lipinski definition) is 6. The zero-order valence-corrected chi connectivity index (χ0v) is 23.8. The minimum absolute atomic E-state index is 0.0946. The first-order chi connectivity index (χ1) is 17.5. The van der Waals surface area contributed by atoms with Gasteiger partial charge in [0.05, 0.1) is 25.2 Å². The van der Waals surface area contributed by atoms with Crippen LogP contribution in [-0.2, 0) is 28.5 Å². The van der Waals surface area contributed by atoms with Crippen LogP contribution < -0.4 is 0 Å². The van der Waals surface area contributed by atoms with Crippen molar-refractivity contribution in [1.29, 1.82) is 0 Å². The number of rotatable bonds is 3. The summed E-state index contributed by atoms with van der Waals surface area (Å²) in [4.78, 5) is 23.2. The highest BCUT2D eigenvalue weighted by molar-refractivity contribution is 5.66. The molecule has 0 aromatic carbocycles. The summed E-state index contributed by atoms with van der Waals surface area (Å²) in [7, 11) is 0. The molecule has 6 nitrogen and oxygen atoms in total. The van der Waals surface area contributed by atoms with E-state index in [1.807, 2.05) is 0 Å². The first-order valence-electron chi connectivity index (χ1n) is 15.1. The number of carbonyl (C=O) groups is 2. The van der Waals surface area contributed by atoms with E-state index in [-0.39, 0.29) is 35.5 Å². The predicted octanol–water partition coefficient (Wildman–Crippen LogP) is 5.76. The lowest BCUT2D eigenvalue weighted by Crippen LogP contribution is -2.55. The summed E-state index contributed by atoms with van der Waals surface area (Å²) >= 11 is 0. The molecule has 0 N–H and O–H groups in total. The van der Waals surface area contributed by atoms with Crippen molar-refractivity contribution in [1.82, 2.24) is 0 Å². The second-order valence-corrected chi connectivity index (χ2v) is 14.3. The van der Waals surface area contributed by atoms with Crippen LogP contribution in [0.1, 0.15) is 92.9 Å². The Labute approximate surface area is 222 Å². The number of esters is 2. The Hall–Kier alpha value is -1.14. The summed E-state index contributed by atoms with van der Waals surface area (Å²) in [6, 6.07) is 0. The van der Waals surface area contributed by atoms with Gasteiger partial charge >= 0.3 is 11.9 Å². The van der Waals surface area contributed by atoms with Crippen molar-refractivity contribution in [3.63, 3.8) is 0 Å². The van der Waals surface area contributed by atoms with Crippen LogP contribution in [0.4, 0.5) is 0 Å². The highest BCUT2D eigenvalue weighted by Gasteiger charge is 2.71. The number of hydrogen-bond donors (Lipinski definition) is 0. The molecule has 4 saturated carbocycles. The van der Waals surface area contributed by atoms with Gasteiger partial charge in [-0.25, -0.2) is 0 Å². The molecule has 6 heteroatoms. The third kappa shape index (κ3) is 3.77. The van der Waals surface area contributed by atoms with Crippen LogP contribution in [0, 0.1) is 58.2 Å². The lowest BCUT2D eigenvalue weighted by atomic mass is 9.44. The highest BCUT2D eigenvalue weighted by Crippen LogP contribution is 2.72. The maximum absolute atomic E-state index is 11.6. The van der Waals surface area contributed by atoms with E-state index in [4.69, 9.17) is 18.9 Å². The van der Waals surface area contributed by atoms with Crippen LogP contribution in [0.5, 0.6) is 0 Å². The second kappa shape index (κ2) is 8.94. The van der Waals surface area contributed by atoms with Crippen LogP contribution >= 0.6 is 0 Å². The fraction of sp³-hybridized carbons (Fsp3) is 0.935. The monoisotopic (exact) mass is 516 g/mol. The van der Waals surface area contributed by atoms with Crippen molar-refractivity contribution >= 4 is 11.9 Å². The molecule has 0 radical (unpaired) electrons. The molecule has 6 fully saturated rings. The van der Waals surface area contributed by atoms with Crippen molar-refractivity contribution in [3.8, 4) is 0 Å². The third-order valence-corrected chi connectivity index (χ3v) is 12.8. The zero-order valence-electron chi connectivity index (χ0n) is 23.8. The zero-order chi connectivity index (χ0) is 26.3. The SMILES string of the molecule is CC(=O)OC[C@@H]1[C@H](C)CO[C@@]12O[C@H]1C[C@H]3[C@@H]4CC[C@@H]5C[C@H](OC(C)=O)CC[C@]5(C)[C@H]4CC[C@]3(C)[C@H]1[C@@H]2C. The Bertz CT molecular complexity index is 935. The minimum Gasteiger partial charge on any atom is -0.465 e. The maximum Gasteiger partial charge on any atom is 0.302 e. The van der Waals surface area contributed by atoms with E-state index < -0.39 is 5.79 Å². The van der Waals surface area contributed by atoms with E-state index in [1.165, 1.54) is 39.0 Å². The summed E-state index contributed by atoms with van der Waals surface area (Å²) in [5.41, 5.74) is 0.638. The van der Waals surface area contributed by atoms with E-state index in [0.717, 1.165) is 31.1 Å². The Morgan fingerprint density at radius 2 is 1.68 bits per heavy atom. The van der Waals surface area contributed by atoms with Gasteiger partial charge in [0.15, 0.2) is 5.79 Å². The summed E-state index contributed by atoms with van der Waals surface area (Å²) < 4.78 is 24.7. The Morgan fingerprint density at radius 1 is 0.919 bits per heavy atom. The van der Waals surface area contributed by atoms with Crippen molar-refractivity contribution < 1.29 is 28.5 Å². The molecule has 2 saturated heterocycles. The van der Waals surface area contributed by atoms with Crippen molar-refractivity contribution in [3.05, 3.63) is 0 Å². The average Bonchev–Trinajstić information content (AvgIpc) is 3.41. The number of fused-ring (bicyclic) bond motifs is 7. The van der Waals surface area contributed by atoms with Crippen LogP contribution in [0.25, 0.3) is 0 Å². The van der Waals surface area contributed by atoms with E-state index in [0.29, 0.717) is 48.2 Å². The number of ether oxygens (including phenoxy) is 4. The standard InChI is InChI=1S/C31H48O6/c1-17-15-35-31(26(17)16-34-19(3)32)18(2)28-27(37-31)14-25-23-8-7-21-13-22(36-20(4)33)9-11-29(21,5)24(23)10-12-30(25,28)6/h17-18,21-28H,7-16H2,1-6H3/t17-,18+,21-,22-,23-,24+,25+,26-,27+,28+,29+,30+,31+/m1/s1. The molecule has 37 heavy (non-hydrogen) atoms. The van der Waals surface area contributed by atoms with Gasteiger partial charge in [0.1, 0.15) is 6.10 Å². The molecule has 0 bridgehead atoms. The smallest absolute Gasteiger partial charge is 0.302 e. The molecule has 1 spiro atoms. The van der Waals surface area contributed by atoms with Crippen LogP contribution in [-0.4, -0.2) is 43.1 Å². The van der Waals surface area contributed by atoms with Crippen LogP contribution in [0.15, 0.2) is 0 Å². The van der Waals surface area contributed by atoms with Gasteiger partial charge in [0, 0.05) is 19.8 Å². The van der Waals surface area contributed by atoms with E-state index in [9.17, 15) is 9.59 Å². The van der Waals surface area contributed by atoms with Crippen molar-refractivity contribution in [2.75, 3.05) is 13.2 Å². The molecular weight excluding hydrogens is 468 g/mol. The number of carbonyl (C=O) groups excluding carboxylic acids is 2. The Balaban J connectivity index is 1.21. The fourth-order valence-electron chi connectivity index (χ4n) is 11.2. The van der Waals surface area contributed by atoms with Gasteiger partial charge in [0.25, 0.3) is 0 Å². The lowest BCUT2D eigenvalue weighted by Gasteiger charge is -2.61. The Morgan fingerprint density at radius 3 is 2.41 bits per heavy atom. The van der Waals surface area contributed by atoms with Gasteiger partial charge in [0.2, 0.25) is 0 Å². The average molecular weight is 517 g/mol. The fourth-order valence-corrected chi connectivity index (χ4v) is 11.2. The topological polar surface area (TPSA) is 71.1 Å². The molecule has 6 aliphatic rings. The van der Waals surface area contributed by atoms with E-state index >= 15 is 0 Å². The van der Waals surface area contributed by atoms with E-state index in [1.54, 1.807) is 6.92 Å². The molecule has 0 aromatic heterocycles. The van der Waals surface area contributed by atoms with Gasteiger partial charge in [-0.2, -0.15) is 0 Å². The Kier molecular flexibility index (Phi) is 6.31. The molecule has 208 valence electrons. The lowest BCUT2D eigenvalue weighted by molar-refractivity contribution is -0.248. The van der Waals surface area contributed by atoms with Gasteiger partial charge in [-0.3, -0.25) is 9.59 Å². The minimum atomic E-state index is -0.617. The summed E-state index contributed by atoms with van der Waals surface area (Å²) in [6.45, 7) is 13.8. The molecule has 13 atom stereocenters. The molecule has 0 amide bonds. The van der Waals surface area contributed by atoms with Crippen molar-refractivity contribution in [2.45, 2.75) is 111 Å². The second-order valence-electron chi connectivity index (χ2n) is 14.3. The van der Waals surface area contributed by atoms with Crippen LogP contribution in [0.2, 0.25) is 0 Å². The van der Waals surface area contributed by atoms with Crippen LogP contribution in [0.3, 0.4) is 0 Å². The predicted molar refractivity (Wildman–Crippen MR) is 138 cm³/mol. The molecule has 2 heterocycles. The first kappa shape index (κ1) is 26.1. The van der Waals surface area contributed by atoms with Crippen molar-refractivity contribution in [2.24, 2.45) is 58.2 Å². The largest absolute Gasteiger partial charge is 0.465 e. The van der Waals surface area contributed by atoms with Gasteiger partial charge in [-0.15, -0.1) is 0 Å².